The molecule has 3 nitrogen and oxygen atoms in total. The number of hydrogen-bond donors (Lipinski definition) is 1. The van der Waals surface area contributed by atoms with Gasteiger partial charge in [-0.1, -0.05) is 6.07 Å². The molecular weight excluding hydrogens is 194 g/mol. The lowest BCUT2D eigenvalue weighted by Gasteiger charge is -2.05. The first-order valence-corrected chi connectivity index (χ1v) is 5.50. The molecule has 0 bridgehead atoms. The second-order valence-corrected chi connectivity index (χ2v) is 4.10. The predicted octanol–water partition coefficient (Wildman–Crippen LogP) is 2.01. The van der Waals surface area contributed by atoms with Crippen molar-refractivity contribution >= 4 is 11.3 Å². The minimum atomic E-state index is -0.0321. The van der Waals surface area contributed by atoms with Crippen molar-refractivity contribution in [2.45, 2.75) is 19.5 Å². The quantitative estimate of drug-likeness (QED) is 0.836. The van der Waals surface area contributed by atoms with E-state index in [1.54, 1.807) is 11.3 Å². The van der Waals surface area contributed by atoms with E-state index in [0.29, 0.717) is 0 Å². The zero-order chi connectivity index (χ0) is 9.97. The molecule has 0 fully saturated rings. The summed E-state index contributed by atoms with van der Waals surface area (Å²) in [6.45, 7) is 2.95. The Morgan fingerprint density at radius 1 is 1.64 bits per heavy atom. The Kier molecular flexibility index (Phi) is 2.65. The smallest absolute Gasteiger partial charge is 0.0677 e. The molecule has 0 saturated heterocycles. The Morgan fingerprint density at radius 2 is 2.50 bits per heavy atom. The third kappa shape index (κ3) is 1.71. The van der Waals surface area contributed by atoms with Gasteiger partial charge < -0.3 is 5.73 Å². The van der Waals surface area contributed by atoms with Crippen LogP contribution in [-0.4, -0.2) is 9.78 Å². The van der Waals surface area contributed by atoms with Crippen LogP contribution < -0.4 is 5.73 Å². The molecule has 2 heterocycles. The van der Waals surface area contributed by atoms with Gasteiger partial charge in [0.2, 0.25) is 0 Å². The average Bonchev–Trinajstić information content (AvgIpc) is 2.88. The summed E-state index contributed by atoms with van der Waals surface area (Å²) < 4.78 is 1.89. The molecule has 0 amide bonds. The summed E-state index contributed by atoms with van der Waals surface area (Å²) in [6, 6.07) is 4.04. The van der Waals surface area contributed by atoms with E-state index in [4.69, 9.17) is 5.73 Å². The lowest BCUT2D eigenvalue weighted by Crippen LogP contribution is -2.09. The molecule has 2 rings (SSSR count). The maximum absolute atomic E-state index is 6.09. The maximum Gasteiger partial charge on any atom is 0.0677 e. The molecular formula is C10H13N3S. The lowest BCUT2D eigenvalue weighted by molar-refractivity contribution is 0.658. The molecule has 0 saturated carbocycles. The highest BCUT2D eigenvalue weighted by molar-refractivity contribution is 7.10. The Hall–Kier alpha value is -1.13. The Morgan fingerprint density at radius 3 is 3.07 bits per heavy atom. The monoisotopic (exact) mass is 207 g/mol. The Labute approximate surface area is 87.2 Å². The molecule has 0 radical (unpaired) electrons. The number of nitrogens with zero attached hydrogens (tertiary/aromatic N) is 2. The fraction of sp³-hybridized carbons (Fsp3) is 0.300. The van der Waals surface area contributed by atoms with Crippen LogP contribution in [0.5, 0.6) is 0 Å². The van der Waals surface area contributed by atoms with Crippen LogP contribution in [0, 0.1) is 0 Å². The highest BCUT2D eigenvalue weighted by atomic mass is 32.1. The van der Waals surface area contributed by atoms with E-state index in [1.807, 2.05) is 28.5 Å². The van der Waals surface area contributed by atoms with Gasteiger partial charge in [0.05, 0.1) is 12.2 Å². The highest BCUT2D eigenvalue weighted by Crippen LogP contribution is 2.22. The molecule has 1 atom stereocenters. The van der Waals surface area contributed by atoms with Crippen molar-refractivity contribution in [3.63, 3.8) is 0 Å². The van der Waals surface area contributed by atoms with E-state index >= 15 is 0 Å². The summed E-state index contributed by atoms with van der Waals surface area (Å²) >= 11 is 1.68. The molecule has 0 aliphatic rings. The number of hydrogen-bond acceptors (Lipinski definition) is 3. The fourth-order valence-electron chi connectivity index (χ4n) is 1.35. The molecule has 0 aromatic carbocycles. The van der Waals surface area contributed by atoms with Gasteiger partial charge in [0.25, 0.3) is 0 Å². The van der Waals surface area contributed by atoms with E-state index in [9.17, 15) is 0 Å². The van der Waals surface area contributed by atoms with Crippen molar-refractivity contribution in [3.8, 4) is 0 Å². The van der Waals surface area contributed by atoms with Crippen molar-refractivity contribution < 1.29 is 0 Å². The standard InChI is InChI=1S/C10H13N3S/c1-2-13-7-8(6-12-13)10(11)9-4-3-5-14-9/h3-7,10H,2,11H2,1H3. The van der Waals surface area contributed by atoms with Crippen molar-refractivity contribution in [2.24, 2.45) is 5.73 Å². The zero-order valence-corrected chi connectivity index (χ0v) is 8.87. The predicted molar refractivity (Wildman–Crippen MR) is 58.3 cm³/mol. The van der Waals surface area contributed by atoms with E-state index in [1.165, 1.54) is 4.88 Å². The lowest BCUT2D eigenvalue weighted by atomic mass is 10.1. The summed E-state index contributed by atoms with van der Waals surface area (Å²) in [5, 5.41) is 6.25. The molecule has 74 valence electrons. The second kappa shape index (κ2) is 3.94. The largest absolute Gasteiger partial charge is 0.320 e. The number of thiophene rings is 1. The molecule has 0 aliphatic heterocycles. The molecule has 4 heteroatoms. The van der Waals surface area contributed by atoms with E-state index < -0.39 is 0 Å². The summed E-state index contributed by atoms with van der Waals surface area (Å²) in [5.41, 5.74) is 7.16. The summed E-state index contributed by atoms with van der Waals surface area (Å²) in [6.07, 6.45) is 3.85. The molecule has 0 aliphatic carbocycles. The molecule has 2 aromatic rings. The van der Waals surface area contributed by atoms with Crippen LogP contribution >= 0.6 is 11.3 Å². The van der Waals surface area contributed by atoms with Gasteiger partial charge in [-0.05, 0) is 18.4 Å². The van der Waals surface area contributed by atoms with Crippen LogP contribution in [0.1, 0.15) is 23.4 Å². The van der Waals surface area contributed by atoms with Crippen molar-refractivity contribution in [2.75, 3.05) is 0 Å². The number of nitrogens with two attached hydrogens (primary N) is 1. The molecule has 2 N–H and O–H groups in total. The van der Waals surface area contributed by atoms with Crippen LogP contribution in [0.2, 0.25) is 0 Å². The van der Waals surface area contributed by atoms with E-state index in [-0.39, 0.29) is 6.04 Å². The summed E-state index contributed by atoms with van der Waals surface area (Å²) in [5.74, 6) is 0. The summed E-state index contributed by atoms with van der Waals surface area (Å²) in [4.78, 5) is 1.18. The van der Waals surface area contributed by atoms with Gasteiger partial charge in [-0.2, -0.15) is 5.10 Å². The van der Waals surface area contributed by atoms with E-state index in [0.717, 1.165) is 12.1 Å². The van der Waals surface area contributed by atoms with Crippen molar-refractivity contribution in [1.82, 2.24) is 9.78 Å². The van der Waals surface area contributed by atoms with Gasteiger partial charge in [-0.3, -0.25) is 4.68 Å². The normalized spacial score (nSPS) is 13.0. The minimum Gasteiger partial charge on any atom is -0.320 e. The SMILES string of the molecule is CCn1cc(C(N)c2cccs2)cn1. The van der Waals surface area contributed by atoms with Crippen LogP contribution in [0.4, 0.5) is 0 Å². The highest BCUT2D eigenvalue weighted by Gasteiger charge is 2.11. The number of aryl methyl sites for hydroxylation is 1. The number of aromatic nitrogens is 2. The first-order valence-electron chi connectivity index (χ1n) is 4.62. The molecule has 2 aromatic heterocycles. The first-order chi connectivity index (χ1) is 6.81. The number of rotatable bonds is 3. The Balaban J connectivity index is 2.23. The van der Waals surface area contributed by atoms with Crippen LogP contribution in [-0.2, 0) is 6.54 Å². The van der Waals surface area contributed by atoms with Gasteiger partial charge in [0.15, 0.2) is 0 Å². The van der Waals surface area contributed by atoms with Crippen molar-refractivity contribution in [1.29, 1.82) is 0 Å². The zero-order valence-electron chi connectivity index (χ0n) is 8.05. The van der Waals surface area contributed by atoms with Crippen LogP contribution in [0.15, 0.2) is 29.9 Å². The average molecular weight is 207 g/mol. The molecule has 0 spiro atoms. The van der Waals surface area contributed by atoms with Crippen LogP contribution in [0.25, 0.3) is 0 Å². The topological polar surface area (TPSA) is 43.8 Å². The third-order valence-corrected chi connectivity index (χ3v) is 3.14. The maximum atomic E-state index is 6.09. The molecule has 1 unspecified atom stereocenters. The van der Waals surface area contributed by atoms with Crippen LogP contribution in [0.3, 0.4) is 0 Å². The van der Waals surface area contributed by atoms with Gasteiger partial charge in [-0.15, -0.1) is 11.3 Å². The Bertz CT molecular complexity index is 391. The summed E-state index contributed by atoms with van der Waals surface area (Å²) in [7, 11) is 0. The van der Waals surface area contributed by atoms with Gasteiger partial charge in [0, 0.05) is 23.2 Å². The fourth-order valence-corrected chi connectivity index (χ4v) is 2.10. The first kappa shape index (κ1) is 9.43. The van der Waals surface area contributed by atoms with Gasteiger partial charge in [-0.25, -0.2) is 0 Å². The second-order valence-electron chi connectivity index (χ2n) is 3.12. The van der Waals surface area contributed by atoms with Crippen molar-refractivity contribution in [3.05, 3.63) is 40.3 Å². The third-order valence-electron chi connectivity index (χ3n) is 2.19. The minimum absolute atomic E-state index is 0.0321. The van der Waals surface area contributed by atoms with Gasteiger partial charge in [0.1, 0.15) is 0 Å². The molecule has 14 heavy (non-hydrogen) atoms. The van der Waals surface area contributed by atoms with E-state index in [2.05, 4.69) is 18.1 Å². The van der Waals surface area contributed by atoms with Gasteiger partial charge >= 0.3 is 0 Å².